The Morgan fingerprint density at radius 2 is 1.70 bits per heavy atom. The number of urea groups is 1. The van der Waals surface area contributed by atoms with E-state index in [0.717, 1.165) is 4.90 Å². The predicted molar refractivity (Wildman–Crippen MR) is 109 cm³/mol. The fourth-order valence-corrected chi connectivity index (χ4v) is 3.30. The Morgan fingerprint density at radius 3 is 2.37 bits per heavy atom. The summed E-state index contributed by atoms with van der Waals surface area (Å²) in [5.74, 6) is -0.941. The number of halogens is 1. The third-order valence-corrected chi connectivity index (χ3v) is 4.88. The van der Waals surface area contributed by atoms with Crippen molar-refractivity contribution in [3.8, 4) is 5.69 Å². The number of amides is 3. The van der Waals surface area contributed by atoms with Crippen LogP contribution in [0.2, 0.25) is 0 Å². The summed E-state index contributed by atoms with van der Waals surface area (Å²) >= 11 is 0. The molecule has 0 radical (unpaired) electrons. The van der Waals surface area contributed by atoms with Crippen molar-refractivity contribution in [3.63, 3.8) is 0 Å². The highest BCUT2D eigenvalue weighted by Gasteiger charge is 2.34. The minimum absolute atomic E-state index is 0.00427. The molecule has 0 bridgehead atoms. The van der Waals surface area contributed by atoms with Gasteiger partial charge in [-0.15, -0.1) is 0 Å². The van der Waals surface area contributed by atoms with Gasteiger partial charge in [0.2, 0.25) is 0 Å². The van der Waals surface area contributed by atoms with Crippen LogP contribution in [-0.2, 0) is 17.8 Å². The van der Waals surface area contributed by atoms with Crippen molar-refractivity contribution in [2.45, 2.75) is 19.9 Å². The molecule has 1 aliphatic rings. The van der Waals surface area contributed by atoms with Crippen molar-refractivity contribution < 1.29 is 14.0 Å². The van der Waals surface area contributed by atoms with E-state index in [4.69, 9.17) is 0 Å². The third-order valence-electron chi connectivity index (χ3n) is 4.88. The van der Waals surface area contributed by atoms with E-state index in [-0.39, 0.29) is 17.8 Å². The molecule has 0 unspecified atom stereocenters. The number of hydrogen-bond acceptors (Lipinski definition) is 3. The van der Waals surface area contributed by atoms with Gasteiger partial charge in [0.1, 0.15) is 11.5 Å². The lowest BCUT2D eigenvalue weighted by atomic mass is 10.1. The summed E-state index contributed by atoms with van der Waals surface area (Å²) < 4.78 is 14.5. The first-order chi connectivity index (χ1) is 14.5. The Kier molecular flexibility index (Phi) is 5.05. The van der Waals surface area contributed by atoms with Crippen molar-refractivity contribution in [1.29, 1.82) is 0 Å². The first kappa shape index (κ1) is 19.4. The first-order valence-corrected chi connectivity index (χ1v) is 9.46. The minimum atomic E-state index is -0.590. The largest absolute Gasteiger partial charge is 0.329 e. The highest BCUT2D eigenvalue weighted by Crippen LogP contribution is 2.18. The van der Waals surface area contributed by atoms with E-state index in [2.05, 4.69) is 10.4 Å². The number of rotatable bonds is 5. The molecule has 3 amide bonds. The van der Waals surface area contributed by atoms with Gasteiger partial charge < -0.3 is 5.32 Å². The molecule has 8 heteroatoms. The van der Waals surface area contributed by atoms with Gasteiger partial charge in [-0.3, -0.25) is 19.6 Å². The van der Waals surface area contributed by atoms with Crippen LogP contribution in [0.4, 0.5) is 9.18 Å². The Labute approximate surface area is 171 Å². The van der Waals surface area contributed by atoms with Crippen molar-refractivity contribution in [1.82, 2.24) is 20.0 Å². The third kappa shape index (κ3) is 3.55. The number of nitrogens with zero attached hydrogens (tertiary/aromatic N) is 2. The number of aromatic nitrogens is 2. The lowest BCUT2D eigenvalue weighted by Crippen LogP contribution is -2.30. The highest BCUT2D eigenvalue weighted by molar-refractivity contribution is 6.13. The summed E-state index contributed by atoms with van der Waals surface area (Å²) in [7, 11) is 0. The van der Waals surface area contributed by atoms with Crippen molar-refractivity contribution in [3.05, 3.63) is 93.3 Å². The quantitative estimate of drug-likeness (QED) is 0.505. The monoisotopic (exact) mass is 406 g/mol. The molecule has 30 heavy (non-hydrogen) atoms. The molecule has 152 valence electrons. The van der Waals surface area contributed by atoms with Crippen LogP contribution >= 0.6 is 0 Å². The van der Waals surface area contributed by atoms with Gasteiger partial charge in [-0.05, 0) is 42.3 Å². The number of aryl methyl sites for hydroxylation is 1. The van der Waals surface area contributed by atoms with Crippen molar-refractivity contribution in [2.24, 2.45) is 0 Å². The van der Waals surface area contributed by atoms with E-state index in [1.165, 1.54) is 35.0 Å². The second-order valence-corrected chi connectivity index (χ2v) is 6.84. The standard InChI is InChI=1S/C22H19FN4O3/c1-2-18-17(20(28)27(25-18)16-6-4-3-5-7-16)12-19-21(29)26(22(30)24-19)13-14-8-10-15(23)11-9-14/h3-12,25H,2,13H2,1H3,(H,24,30)/b19-12-. The Bertz CT molecular complexity index is 1190. The van der Waals surface area contributed by atoms with E-state index in [1.54, 1.807) is 12.1 Å². The summed E-state index contributed by atoms with van der Waals surface area (Å²) in [4.78, 5) is 39.0. The maximum atomic E-state index is 13.1. The van der Waals surface area contributed by atoms with Crippen molar-refractivity contribution >= 4 is 18.0 Å². The number of nitrogens with one attached hydrogen (secondary N) is 2. The zero-order chi connectivity index (χ0) is 21.3. The van der Waals surface area contributed by atoms with Crippen LogP contribution in [-0.4, -0.2) is 26.6 Å². The second kappa shape index (κ2) is 7.82. The smallest absolute Gasteiger partial charge is 0.303 e. The van der Waals surface area contributed by atoms with Gasteiger partial charge in [-0.25, -0.2) is 13.9 Å². The van der Waals surface area contributed by atoms with Crippen molar-refractivity contribution in [2.75, 3.05) is 0 Å². The highest BCUT2D eigenvalue weighted by atomic mass is 19.1. The Balaban J connectivity index is 1.66. The molecule has 2 aromatic carbocycles. The van der Waals surface area contributed by atoms with Crippen LogP contribution in [0.1, 0.15) is 23.7 Å². The van der Waals surface area contributed by atoms with Crippen LogP contribution in [0, 0.1) is 5.82 Å². The summed E-state index contributed by atoms with van der Waals surface area (Å²) in [5, 5.41) is 5.58. The molecule has 2 N–H and O–H groups in total. The van der Waals surface area contributed by atoms with Gasteiger partial charge in [-0.1, -0.05) is 37.3 Å². The normalized spacial score (nSPS) is 15.1. The van der Waals surface area contributed by atoms with Gasteiger partial charge in [-0.2, -0.15) is 0 Å². The van der Waals surface area contributed by atoms with Crippen LogP contribution in [0.5, 0.6) is 0 Å². The number of carbonyl (C=O) groups is 2. The lowest BCUT2D eigenvalue weighted by Gasteiger charge is -2.11. The van der Waals surface area contributed by atoms with Crippen LogP contribution in [0.25, 0.3) is 11.8 Å². The number of para-hydroxylation sites is 1. The van der Waals surface area contributed by atoms with E-state index in [0.29, 0.717) is 28.9 Å². The second-order valence-electron chi connectivity index (χ2n) is 6.84. The van der Waals surface area contributed by atoms with Crippen LogP contribution < -0.4 is 10.9 Å². The van der Waals surface area contributed by atoms with Gasteiger partial charge >= 0.3 is 6.03 Å². The molecule has 0 spiro atoms. The zero-order valence-electron chi connectivity index (χ0n) is 16.2. The average Bonchev–Trinajstić information content (AvgIpc) is 3.21. The lowest BCUT2D eigenvalue weighted by molar-refractivity contribution is -0.123. The number of aromatic amines is 1. The topological polar surface area (TPSA) is 87.2 Å². The fourth-order valence-electron chi connectivity index (χ4n) is 3.30. The fraction of sp³-hybridized carbons (Fsp3) is 0.136. The minimum Gasteiger partial charge on any atom is -0.303 e. The Morgan fingerprint density at radius 1 is 1.00 bits per heavy atom. The number of hydrogen-bond donors (Lipinski definition) is 2. The maximum Gasteiger partial charge on any atom is 0.329 e. The maximum absolute atomic E-state index is 13.1. The van der Waals surface area contributed by atoms with E-state index in [1.807, 2.05) is 25.1 Å². The average molecular weight is 406 g/mol. The molecule has 4 rings (SSSR count). The molecule has 0 aliphatic carbocycles. The van der Waals surface area contributed by atoms with Crippen LogP contribution in [0.15, 0.2) is 65.1 Å². The summed E-state index contributed by atoms with van der Waals surface area (Å²) in [6, 6.07) is 14.0. The molecule has 3 aromatic rings. The van der Waals surface area contributed by atoms with Crippen LogP contribution in [0.3, 0.4) is 0 Å². The predicted octanol–water partition coefficient (Wildman–Crippen LogP) is 2.96. The number of imide groups is 1. The molecule has 1 aliphatic heterocycles. The molecule has 1 aromatic heterocycles. The van der Waals surface area contributed by atoms with E-state index in [9.17, 15) is 18.8 Å². The number of carbonyl (C=O) groups excluding carboxylic acids is 2. The molecule has 7 nitrogen and oxygen atoms in total. The SMILES string of the molecule is CCc1[nH]n(-c2ccccc2)c(=O)c1/C=C1\NC(=O)N(Cc2ccc(F)cc2)C1=O. The molecule has 1 saturated heterocycles. The molecule has 0 saturated carbocycles. The van der Waals surface area contributed by atoms with E-state index < -0.39 is 17.8 Å². The molecular formula is C22H19FN4O3. The Hall–Kier alpha value is -3.94. The molecule has 0 atom stereocenters. The summed E-state index contributed by atoms with van der Waals surface area (Å²) in [6.45, 7) is 1.89. The number of H-pyrrole nitrogens is 1. The molecule has 2 heterocycles. The van der Waals surface area contributed by atoms with Gasteiger partial charge in [0.15, 0.2) is 0 Å². The summed E-state index contributed by atoms with van der Waals surface area (Å²) in [5.41, 5.74) is 1.95. The van der Waals surface area contributed by atoms with Gasteiger partial charge in [0, 0.05) is 5.69 Å². The zero-order valence-corrected chi connectivity index (χ0v) is 16.2. The molecule has 1 fully saturated rings. The molecular weight excluding hydrogens is 387 g/mol. The number of benzene rings is 2. The van der Waals surface area contributed by atoms with Gasteiger partial charge in [0.25, 0.3) is 11.5 Å². The summed E-state index contributed by atoms with van der Waals surface area (Å²) in [6.07, 6.45) is 1.94. The van der Waals surface area contributed by atoms with Gasteiger partial charge in [0.05, 0.1) is 17.8 Å². The van der Waals surface area contributed by atoms with E-state index >= 15 is 0 Å². The first-order valence-electron chi connectivity index (χ1n) is 9.46.